The summed E-state index contributed by atoms with van der Waals surface area (Å²) in [6.07, 6.45) is 1.22. The maximum absolute atomic E-state index is 11.1. The normalized spacial score (nSPS) is 21.3. The van der Waals surface area contributed by atoms with Crippen LogP contribution in [0.2, 0.25) is 0 Å². The minimum atomic E-state index is -0.480. The molecule has 0 aromatic carbocycles. The molecule has 0 spiro atoms. The van der Waals surface area contributed by atoms with Gasteiger partial charge in [-0.05, 0) is 6.42 Å². The van der Waals surface area contributed by atoms with Gasteiger partial charge in [-0.3, -0.25) is 4.79 Å². The van der Waals surface area contributed by atoms with E-state index < -0.39 is 6.04 Å². The minimum Gasteiger partial charge on any atom is -0.464 e. The summed E-state index contributed by atoms with van der Waals surface area (Å²) in [6, 6.07) is -0.480. The van der Waals surface area contributed by atoms with E-state index in [0.717, 1.165) is 0 Å². The van der Waals surface area contributed by atoms with E-state index in [9.17, 15) is 9.59 Å². The third-order valence-electron chi connectivity index (χ3n) is 1.83. The van der Waals surface area contributed by atoms with E-state index in [0.29, 0.717) is 19.4 Å². The summed E-state index contributed by atoms with van der Waals surface area (Å²) in [5, 5.41) is 11.0. The number of carbonyl (C=O) groups excluding carboxylic acids is 2. The molecule has 5 nitrogen and oxygen atoms in total. The van der Waals surface area contributed by atoms with Crippen LogP contribution in [-0.4, -0.2) is 36.2 Å². The van der Waals surface area contributed by atoms with E-state index in [1.54, 1.807) is 0 Å². The zero-order chi connectivity index (χ0) is 9.68. The van der Waals surface area contributed by atoms with E-state index in [4.69, 9.17) is 5.11 Å². The molecule has 2 N–H and O–H groups in total. The fourth-order valence-corrected chi connectivity index (χ4v) is 1.13. The monoisotopic (exact) mass is 187 g/mol. The Morgan fingerprint density at radius 3 is 3.00 bits per heavy atom. The molecule has 74 valence electrons. The zero-order valence-electron chi connectivity index (χ0n) is 7.28. The Balaban J connectivity index is 2.23. The number of cyclic esters (lactones) is 1. The van der Waals surface area contributed by atoms with Gasteiger partial charge in [-0.15, -0.1) is 0 Å². The third-order valence-corrected chi connectivity index (χ3v) is 1.83. The molecule has 5 heteroatoms. The molecule has 1 aliphatic rings. The van der Waals surface area contributed by atoms with Crippen LogP contribution in [0.1, 0.15) is 19.3 Å². The molecular weight excluding hydrogens is 174 g/mol. The number of nitrogens with one attached hydrogen (secondary N) is 1. The van der Waals surface area contributed by atoms with E-state index in [1.807, 2.05) is 0 Å². The first-order valence-corrected chi connectivity index (χ1v) is 4.31. The molecule has 1 rings (SSSR count). The molecule has 1 atom stereocenters. The van der Waals surface area contributed by atoms with Crippen LogP contribution in [0.15, 0.2) is 0 Å². The molecule has 0 aromatic heterocycles. The smallest absolute Gasteiger partial charge is 0.328 e. The first-order valence-electron chi connectivity index (χ1n) is 4.31. The Kier molecular flexibility index (Phi) is 3.70. The number of aliphatic hydroxyl groups is 1. The van der Waals surface area contributed by atoms with Crippen molar-refractivity contribution in [1.82, 2.24) is 5.32 Å². The second-order valence-electron chi connectivity index (χ2n) is 2.90. The number of rotatable bonds is 4. The van der Waals surface area contributed by atoms with Crippen LogP contribution in [0.25, 0.3) is 0 Å². The number of aliphatic hydroxyl groups excluding tert-OH is 1. The van der Waals surface area contributed by atoms with E-state index >= 15 is 0 Å². The highest BCUT2D eigenvalue weighted by atomic mass is 16.5. The van der Waals surface area contributed by atoms with Crippen molar-refractivity contribution in [3.8, 4) is 0 Å². The molecule has 0 bridgehead atoms. The summed E-state index contributed by atoms with van der Waals surface area (Å²) in [7, 11) is 0. The summed E-state index contributed by atoms with van der Waals surface area (Å²) < 4.78 is 4.67. The molecule has 1 fully saturated rings. The fourth-order valence-electron chi connectivity index (χ4n) is 1.13. The van der Waals surface area contributed by atoms with Crippen molar-refractivity contribution in [2.75, 3.05) is 13.2 Å². The Morgan fingerprint density at radius 2 is 2.46 bits per heavy atom. The first kappa shape index (κ1) is 9.98. The van der Waals surface area contributed by atoms with Crippen molar-refractivity contribution in [1.29, 1.82) is 0 Å². The van der Waals surface area contributed by atoms with Crippen LogP contribution in [0, 0.1) is 0 Å². The SMILES string of the molecule is O=C(CCCO)N[C@H]1CCOC1=O. The molecule has 0 radical (unpaired) electrons. The molecule has 1 amide bonds. The van der Waals surface area contributed by atoms with Crippen LogP contribution in [0.5, 0.6) is 0 Å². The molecule has 0 aromatic rings. The maximum atomic E-state index is 11.1. The number of ether oxygens (including phenoxy) is 1. The van der Waals surface area contributed by atoms with Crippen molar-refractivity contribution < 1.29 is 19.4 Å². The van der Waals surface area contributed by atoms with E-state index in [1.165, 1.54) is 0 Å². The highest BCUT2D eigenvalue weighted by Crippen LogP contribution is 2.05. The van der Waals surface area contributed by atoms with Gasteiger partial charge >= 0.3 is 5.97 Å². The van der Waals surface area contributed by atoms with Crippen molar-refractivity contribution in [2.45, 2.75) is 25.3 Å². The van der Waals surface area contributed by atoms with Gasteiger partial charge in [0.15, 0.2) is 0 Å². The Hall–Kier alpha value is -1.10. The van der Waals surface area contributed by atoms with Gasteiger partial charge in [0, 0.05) is 19.4 Å². The number of hydrogen-bond donors (Lipinski definition) is 2. The minimum absolute atomic E-state index is 0.0114. The second kappa shape index (κ2) is 4.81. The first-order chi connectivity index (χ1) is 6.24. The van der Waals surface area contributed by atoms with E-state index in [-0.39, 0.29) is 24.9 Å². The summed E-state index contributed by atoms with van der Waals surface area (Å²) in [6.45, 7) is 0.367. The lowest BCUT2D eigenvalue weighted by Gasteiger charge is -2.07. The summed E-state index contributed by atoms with van der Waals surface area (Å²) >= 11 is 0. The highest BCUT2D eigenvalue weighted by molar-refractivity contribution is 5.85. The van der Waals surface area contributed by atoms with Crippen molar-refractivity contribution in [2.24, 2.45) is 0 Å². The molecule has 13 heavy (non-hydrogen) atoms. The van der Waals surface area contributed by atoms with Crippen molar-refractivity contribution in [3.63, 3.8) is 0 Å². The van der Waals surface area contributed by atoms with Gasteiger partial charge in [-0.25, -0.2) is 4.79 Å². The molecule has 1 saturated heterocycles. The van der Waals surface area contributed by atoms with Gasteiger partial charge in [0.05, 0.1) is 6.61 Å². The fraction of sp³-hybridized carbons (Fsp3) is 0.750. The lowest BCUT2D eigenvalue weighted by molar-refractivity contribution is -0.141. The Morgan fingerprint density at radius 1 is 1.69 bits per heavy atom. The molecule has 0 saturated carbocycles. The molecule has 0 unspecified atom stereocenters. The number of esters is 1. The largest absolute Gasteiger partial charge is 0.464 e. The van der Waals surface area contributed by atoms with Gasteiger partial charge in [-0.2, -0.15) is 0 Å². The van der Waals surface area contributed by atoms with E-state index in [2.05, 4.69) is 10.1 Å². The van der Waals surface area contributed by atoms with Crippen LogP contribution >= 0.6 is 0 Å². The second-order valence-corrected chi connectivity index (χ2v) is 2.90. The molecule has 1 heterocycles. The molecule has 1 aliphatic heterocycles. The zero-order valence-corrected chi connectivity index (χ0v) is 7.28. The van der Waals surface area contributed by atoms with Crippen LogP contribution in [-0.2, 0) is 14.3 Å². The van der Waals surface area contributed by atoms with Gasteiger partial charge in [0.25, 0.3) is 0 Å². The van der Waals surface area contributed by atoms with Gasteiger partial charge in [0.2, 0.25) is 5.91 Å². The lowest BCUT2D eigenvalue weighted by atomic mass is 10.2. The van der Waals surface area contributed by atoms with Crippen LogP contribution in [0.4, 0.5) is 0 Å². The summed E-state index contributed by atoms with van der Waals surface area (Å²) in [5.41, 5.74) is 0. The maximum Gasteiger partial charge on any atom is 0.328 e. The number of amides is 1. The Labute approximate surface area is 76.1 Å². The van der Waals surface area contributed by atoms with Crippen LogP contribution in [0.3, 0.4) is 0 Å². The highest BCUT2D eigenvalue weighted by Gasteiger charge is 2.27. The Bertz CT molecular complexity index is 204. The summed E-state index contributed by atoms with van der Waals surface area (Å²) in [5.74, 6) is -0.574. The average Bonchev–Trinajstić information content (AvgIpc) is 2.48. The third kappa shape index (κ3) is 3.02. The quantitative estimate of drug-likeness (QED) is 0.564. The van der Waals surface area contributed by atoms with Gasteiger partial charge in [-0.1, -0.05) is 0 Å². The van der Waals surface area contributed by atoms with Crippen LogP contribution < -0.4 is 5.32 Å². The topological polar surface area (TPSA) is 75.6 Å². The molecule has 0 aliphatic carbocycles. The van der Waals surface area contributed by atoms with Gasteiger partial charge in [0.1, 0.15) is 6.04 Å². The van der Waals surface area contributed by atoms with Crippen molar-refractivity contribution in [3.05, 3.63) is 0 Å². The predicted molar refractivity (Wildman–Crippen MR) is 43.8 cm³/mol. The number of hydrogen-bond acceptors (Lipinski definition) is 4. The summed E-state index contributed by atoms with van der Waals surface area (Å²) in [4.78, 5) is 22.0. The predicted octanol–water partition coefficient (Wildman–Crippen LogP) is -0.809. The average molecular weight is 187 g/mol. The van der Waals surface area contributed by atoms with Gasteiger partial charge < -0.3 is 15.2 Å². The number of carbonyl (C=O) groups is 2. The van der Waals surface area contributed by atoms with Crippen molar-refractivity contribution >= 4 is 11.9 Å². The lowest BCUT2D eigenvalue weighted by Crippen LogP contribution is -2.37. The molecular formula is C8H13NO4. The standard InChI is InChI=1S/C8H13NO4/c10-4-1-2-7(11)9-6-3-5-13-8(6)12/h6,10H,1-5H2,(H,9,11)/t6-/m0/s1.